The minimum absolute atomic E-state index is 0.182. The predicted octanol–water partition coefficient (Wildman–Crippen LogP) is 0.142. The highest BCUT2D eigenvalue weighted by molar-refractivity contribution is 6.63. The van der Waals surface area contributed by atoms with Gasteiger partial charge in [-0.3, -0.25) is 4.79 Å². The Hall–Kier alpha value is -2.06. The lowest BCUT2D eigenvalue weighted by Gasteiger charge is -2.20. The van der Waals surface area contributed by atoms with E-state index in [1.165, 1.54) is 0 Å². The summed E-state index contributed by atoms with van der Waals surface area (Å²) >= 11 is 0. The van der Waals surface area contributed by atoms with E-state index in [-0.39, 0.29) is 23.8 Å². The van der Waals surface area contributed by atoms with Gasteiger partial charge < -0.3 is 24.8 Å². The van der Waals surface area contributed by atoms with Gasteiger partial charge in [-0.2, -0.15) is 0 Å². The van der Waals surface area contributed by atoms with E-state index >= 15 is 0 Å². The number of carboxylic acid groups (broad SMARTS) is 1. The molecule has 1 aliphatic rings. The molecule has 1 amide bonds. The van der Waals surface area contributed by atoms with Gasteiger partial charge in [0, 0.05) is 5.46 Å². The first-order valence-electron chi connectivity index (χ1n) is 7.48. The predicted molar refractivity (Wildman–Crippen MR) is 83.7 cm³/mol. The zero-order valence-electron chi connectivity index (χ0n) is 13.3. The highest BCUT2D eigenvalue weighted by atomic mass is 16.5. The third kappa shape index (κ3) is 3.48. The molecule has 1 heterocycles. The summed E-state index contributed by atoms with van der Waals surface area (Å²) in [6.45, 7) is 5.72. The molecular formula is C15H20BNO6. The van der Waals surface area contributed by atoms with Crippen molar-refractivity contribution in [2.45, 2.75) is 33.4 Å². The van der Waals surface area contributed by atoms with Crippen LogP contribution in [0.3, 0.4) is 0 Å². The fourth-order valence-corrected chi connectivity index (χ4v) is 2.50. The molecule has 0 fully saturated rings. The molecule has 2 rings (SSSR count). The average molecular weight is 321 g/mol. The van der Waals surface area contributed by atoms with Crippen molar-refractivity contribution in [1.82, 2.24) is 5.32 Å². The lowest BCUT2D eigenvalue weighted by Crippen LogP contribution is -2.45. The topological polar surface area (TPSA) is 105 Å². The number of rotatable bonds is 6. The van der Waals surface area contributed by atoms with Crippen molar-refractivity contribution < 1.29 is 29.1 Å². The van der Waals surface area contributed by atoms with Crippen LogP contribution in [0, 0.1) is 5.92 Å². The minimum Gasteiger partial charge on any atom is -0.493 e. The zero-order valence-corrected chi connectivity index (χ0v) is 13.3. The van der Waals surface area contributed by atoms with Crippen molar-refractivity contribution in [3.8, 4) is 5.75 Å². The van der Waals surface area contributed by atoms with Crippen molar-refractivity contribution in [2.75, 3.05) is 6.61 Å². The summed E-state index contributed by atoms with van der Waals surface area (Å²) in [4.78, 5) is 23.7. The zero-order chi connectivity index (χ0) is 17.1. The van der Waals surface area contributed by atoms with Crippen LogP contribution in [-0.2, 0) is 16.1 Å². The number of hydrogen-bond donors (Lipinski definition) is 3. The number of aliphatic carboxylic acids is 1. The van der Waals surface area contributed by atoms with Crippen molar-refractivity contribution in [1.29, 1.82) is 0 Å². The first kappa shape index (κ1) is 17.3. The summed E-state index contributed by atoms with van der Waals surface area (Å²) in [6.07, 6.45) is 0. The van der Waals surface area contributed by atoms with E-state index in [1.54, 1.807) is 32.9 Å². The standard InChI is InChI=1S/C15H20BNO6/c1-4-22-13-10(6-5-9-7-23-16(21)11(9)13)14(18)17-12(8(2)3)15(19)20/h5-6,8,12,21H,4,7H2,1-3H3,(H,17,18)(H,19,20). The molecule has 8 heteroatoms. The number of carbonyl (C=O) groups is 2. The first-order chi connectivity index (χ1) is 10.9. The molecule has 0 aromatic heterocycles. The lowest BCUT2D eigenvalue weighted by molar-refractivity contribution is -0.140. The molecule has 1 aliphatic heterocycles. The molecule has 1 aromatic rings. The fraction of sp³-hybridized carbons (Fsp3) is 0.467. The smallest absolute Gasteiger partial charge is 0.493 e. The van der Waals surface area contributed by atoms with Crippen LogP contribution in [-0.4, -0.2) is 41.8 Å². The Morgan fingerprint density at radius 1 is 1.43 bits per heavy atom. The van der Waals surface area contributed by atoms with E-state index in [9.17, 15) is 19.7 Å². The van der Waals surface area contributed by atoms with Crippen LogP contribution >= 0.6 is 0 Å². The monoisotopic (exact) mass is 321 g/mol. The lowest BCUT2D eigenvalue weighted by atomic mass is 9.77. The summed E-state index contributed by atoms with van der Waals surface area (Å²) in [7, 11) is -1.15. The second-order valence-corrected chi connectivity index (χ2v) is 5.64. The molecule has 1 aromatic carbocycles. The summed E-state index contributed by atoms with van der Waals surface area (Å²) in [5.74, 6) is -1.69. The van der Waals surface area contributed by atoms with Gasteiger partial charge >= 0.3 is 13.1 Å². The quantitative estimate of drug-likeness (QED) is 0.644. The van der Waals surface area contributed by atoms with Crippen molar-refractivity contribution >= 4 is 24.5 Å². The Kier molecular flexibility index (Phi) is 5.28. The molecule has 7 nitrogen and oxygen atoms in total. The summed E-state index contributed by atoms with van der Waals surface area (Å²) < 4.78 is 10.7. The van der Waals surface area contributed by atoms with Crippen LogP contribution in [0.4, 0.5) is 0 Å². The molecule has 0 bridgehead atoms. The minimum atomic E-state index is -1.15. The SMILES string of the molecule is CCOc1c(C(=O)NC(C(=O)O)C(C)C)ccc2c1B(O)OC2. The van der Waals surface area contributed by atoms with Gasteiger partial charge in [0.05, 0.1) is 18.8 Å². The van der Waals surface area contributed by atoms with Gasteiger partial charge in [0.2, 0.25) is 0 Å². The third-order valence-corrected chi connectivity index (χ3v) is 3.68. The molecule has 0 radical (unpaired) electrons. The number of amides is 1. The van der Waals surface area contributed by atoms with E-state index < -0.39 is 25.0 Å². The second-order valence-electron chi connectivity index (χ2n) is 5.64. The van der Waals surface area contributed by atoms with Gasteiger partial charge in [-0.05, 0) is 24.5 Å². The maximum Gasteiger partial charge on any atom is 0.495 e. The summed E-state index contributed by atoms with van der Waals surface area (Å²) in [6, 6.07) is 2.22. The molecule has 23 heavy (non-hydrogen) atoms. The maximum absolute atomic E-state index is 12.5. The molecule has 0 saturated heterocycles. The number of nitrogens with one attached hydrogen (secondary N) is 1. The second kappa shape index (κ2) is 7.01. The van der Waals surface area contributed by atoms with Crippen molar-refractivity contribution in [2.24, 2.45) is 5.92 Å². The molecule has 0 saturated carbocycles. The van der Waals surface area contributed by atoms with Crippen LogP contribution in [0.15, 0.2) is 12.1 Å². The number of carbonyl (C=O) groups excluding carboxylic acids is 1. The molecule has 1 atom stereocenters. The Morgan fingerprint density at radius 3 is 2.70 bits per heavy atom. The van der Waals surface area contributed by atoms with Gasteiger partial charge in [0.15, 0.2) is 0 Å². The van der Waals surface area contributed by atoms with E-state index in [2.05, 4.69) is 5.32 Å². The van der Waals surface area contributed by atoms with Crippen LogP contribution in [0.25, 0.3) is 0 Å². The molecule has 0 aliphatic carbocycles. The number of carboxylic acids is 1. The van der Waals surface area contributed by atoms with Crippen LogP contribution in [0.2, 0.25) is 0 Å². The van der Waals surface area contributed by atoms with Crippen molar-refractivity contribution in [3.05, 3.63) is 23.3 Å². The van der Waals surface area contributed by atoms with Crippen LogP contribution in [0.5, 0.6) is 5.75 Å². The van der Waals surface area contributed by atoms with Gasteiger partial charge in [0.25, 0.3) is 5.91 Å². The fourth-order valence-electron chi connectivity index (χ4n) is 2.50. The van der Waals surface area contributed by atoms with E-state index in [0.29, 0.717) is 12.1 Å². The van der Waals surface area contributed by atoms with E-state index in [4.69, 9.17) is 9.39 Å². The third-order valence-electron chi connectivity index (χ3n) is 3.68. The molecule has 1 unspecified atom stereocenters. The highest BCUT2D eigenvalue weighted by Gasteiger charge is 2.34. The largest absolute Gasteiger partial charge is 0.495 e. The van der Waals surface area contributed by atoms with Crippen LogP contribution in [0.1, 0.15) is 36.7 Å². The summed E-state index contributed by atoms with van der Waals surface area (Å²) in [5.41, 5.74) is 1.36. The molecule has 0 spiro atoms. The maximum atomic E-state index is 12.5. The van der Waals surface area contributed by atoms with Gasteiger partial charge in [-0.1, -0.05) is 19.9 Å². The van der Waals surface area contributed by atoms with E-state index in [1.807, 2.05) is 0 Å². The molecular weight excluding hydrogens is 301 g/mol. The Bertz CT molecular complexity index is 618. The Labute approximate surface area is 134 Å². The Balaban J connectivity index is 2.37. The van der Waals surface area contributed by atoms with Crippen LogP contribution < -0.4 is 15.5 Å². The van der Waals surface area contributed by atoms with E-state index in [0.717, 1.165) is 5.56 Å². The number of ether oxygens (including phenoxy) is 1. The van der Waals surface area contributed by atoms with Gasteiger partial charge in [-0.25, -0.2) is 4.79 Å². The number of hydrogen-bond acceptors (Lipinski definition) is 5. The highest BCUT2D eigenvalue weighted by Crippen LogP contribution is 2.24. The molecule has 3 N–H and O–H groups in total. The van der Waals surface area contributed by atoms with Gasteiger partial charge in [-0.15, -0.1) is 0 Å². The van der Waals surface area contributed by atoms with Gasteiger partial charge in [0.1, 0.15) is 11.8 Å². The number of fused-ring (bicyclic) bond motifs is 1. The normalized spacial score (nSPS) is 14.6. The average Bonchev–Trinajstić information content (AvgIpc) is 2.86. The number of benzene rings is 1. The van der Waals surface area contributed by atoms with Crippen molar-refractivity contribution in [3.63, 3.8) is 0 Å². The summed E-state index contributed by atoms with van der Waals surface area (Å²) in [5, 5.41) is 21.6. The first-order valence-corrected chi connectivity index (χ1v) is 7.48. The Morgan fingerprint density at radius 2 is 2.13 bits per heavy atom. The molecule has 124 valence electrons.